The molecule has 0 atom stereocenters. The van der Waals surface area contributed by atoms with Gasteiger partial charge in [0.15, 0.2) is 0 Å². The summed E-state index contributed by atoms with van der Waals surface area (Å²) in [7, 11) is 3.55. The molecule has 0 aliphatic heterocycles. The Bertz CT molecular complexity index is 435. The highest BCUT2D eigenvalue weighted by Crippen LogP contribution is 2.24. The van der Waals surface area contributed by atoms with Crippen molar-refractivity contribution in [2.24, 2.45) is 0 Å². The molecule has 20 heavy (non-hydrogen) atoms. The van der Waals surface area contributed by atoms with Gasteiger partial charge < -0.3 is 20.1 Å². The monoisotopic (exact) mass is 280 g/mol. The van der Waals surface area contributed by atoms with Crippen molar-refractivity contribution in [2.45, 2.75) is 26.3 Å². The Hall–Kier alpha value is -1.75. The van der Waals surface area contributed by atoms with Crippen molar-refractivity contribution in [3.63, 3.8) is 0 Å². The van der Waals surface area contributed by atoms with Gasteiger partial charge in [0.2, 0.25) is 5.91 Å². The maximum atomic E-state index is 11.2. The van der Waals surface area contributed by atoms with Gasteiger partial charge in [0, 0.05) is 38.2 Å². The molecule has 112 valence electrons. The molecule has 1 rings (SSSR count). The molecule has 1 aromatic carbocycles. The molecule has 0 aliphatic rings. The molecule has 0 aromatic heterocycles. The smallest absolute Gasteiger partial charge is 0.221 e. The number of carbonyl (C=O) groups excluding carboxylic acids is 1. The van der Waals surface area contributed by atoms with Crippen LogP contribution in [0.25, 0.3) is 0 Å². The highest BCUT2D eigenvalue weighted by atomic mass is 16.5. The number of carbonyl (C=O) groups is 1. The number of rotatable bonds is 8. The van der Waals surface area contributed by atoms with Crippen molar-refractivity contribution in [1.29, 1.82) is 0 Å². The molecule has 0 heterocycles. The van der Waals surface area contributed by atoms with E-state index < -0.39 is 0 Å². The van der Waals surface area contributed by atoms with Gasteiger partial charge in [0.25, 0.3) is 0 Å². The number of phenols is 1. The van der Waals surface area contributed by atoms with Crippen molar-refractivity contribution in [3.05, 3.63) is 23.8 Å². The van der Waals surface area contributed by atoms with E-state index in [0.717, 1.165) is 12.0 Å². The molecule has 0 bridgehead atoms. The molecule has 0 saturated heterocycles. The molecule has 1 amide bonds. The lowest BCUT2D eigenvalue weighted by atomic mass is 10.1. The van der Waals surface area contributed by atoms with Crippen molar-refractivity contribution >= 4 is 5.91 Å². The normalized spacial score (nSPS) is 10.6. The van der Waals surface area contributed by atoms with E-state index in [-0.39, 0.29) is 11.7 Å². The fourth-order valence-electron chi connectivity index (χ4n) is 1.77. The largest absolute Gasteiger partial charge is 0.507 e. The van der Waals surface area contributed by atoms with Crippen LogP contribution in [0.5, 0.6) is 11.5 Å². The molecule has 5 nitrogen and oxygen atoms in total. The SMILES string of the molecule is CCCOc1ccc(CN(C)CCC(=O)NC)c(O)c1. The third-order valence-corrected chi connectivity index (χ3v) is 2.97. The molecule has 1 aromatic rings. The van der Waals surface area contributed by atoms with Gasteiger partial charge in [-0.2, -0.15) is 0 Å². The number of amides is 1. The summed E-state index contributed by atoms with van der Waals surface area (Å²) in [6, 6.07) is 5.35. The average Bonchev–Trinajstić information content (AvgIpc) is 2.45. The minimum Gasteiger partial charge on any atom is -0.507 e. The summed E-state index contributed by atoms with van der Waals surface area (Å²) < 4.78 is 5.46. The van der Waals surface area contributed by atoms with Crippen LogP contribution in [-0.2, 0) is 11.3 Å². The Labute approximate surface area is 120 Å². The van der Waals surface area contributed by atoms with Crippen LogP contribution in [-0.4, -0.2) is 43.2 Å². The van der Waals surface area contributed by atoms with Crippen molar-refractivity contribution in [1.82, 2.24) is 10.2 Å². The molecule has 5 heteroatoms. The molecule has 0 aliphatic carbocycles. The number of hydrogen-bond acceptors (Lipinski definition) is 4. The molecule has 0 fully saturated rings. The molecular formula is C15H24N2O3. The van der Waals surface area contributed by atoms with E-state index in [1.165, 1.54) is 0 Å². The first-order valence-corrected chi connectivity index (χ1v) is 6.90. The van der Waals surface area contributed by atoms with Gasteiger partial charge in [-0.15, -0.1) is 0 Å². The van der Waals surface area contributed by atoms with E-state index in [4.69, 9.17) is 4.74 Å². The van der Waals surface area contributed by atoms with E-state index >= 15 is 0 Å². The summed E-state index contributed by atoms with van der Waals surface area (Å²) >= 11 is 0. The number of ether oxygens (including phenoxy) is 1. The van der Waals surface area contributed by atoms with Gasteiger partial charge in [0.1, 0.15) is 11.5 Å². The predicted octanol–water partition coefficient (Wildman–Crippen LogP) is 1.75. The first kappa shape index (κ1) is 16.3. The maximum Gasteiger partial charge on any atom is 0.221 e. The Morgan fingerprint density at radius 3 is 2.80 bits per heavy atom. The number of benzene rings is 1. The van der Waals surface area contributed by atoms with Crippen LogP contribution in [0.4, 0.5) is 0 Å². The molecule has 2 N–H and O–H groups in total. The summed E-state index contributed by atoms with van der Waals surface area (Å²) in [6.45, 7) is 3.92. The molecule has 0 radical (unpaired) electrons. The number of phenolic OH excluding ortho intramolecular Hbond substituents is 1. The molecule has 0 spiro atoms. The fourth-order valence-corrected chi connectivity index (χ4v) is 1.77. The highest BCUT2D eigenvalue weighted by molar-refractivity contribution is 5.75. The van der Waals surface area contributed by atoms with Crippen LogP contribution < -0.4 is 10.1 Å². The third-order valence-electron chi connectivity index (χ3n) is 2.97. The molecule has 0 saturated carbocycles. The van der Waals surface area contributed by atoms with Crippen LogP contribution in [0.2, 0.25) is 0 Å². The topological polar surface area (TPSA) is 61.8 Å². The molecular weight excluding hydrogens is 256 g/mol. The van der Waals surface area contributed by atoms with Crippen LogP contribution in [0.15, 0.2) is 18.2 Å². The second kappa shape index (κ2) is 8.43. The van der Waals surface area contributed by atoms with E-state index in [9.17, 15) is 9.90 Å². The lowest BCUT2D eigenvalue weighted by Crippen LogP contribution is -2.26. The van der Waals surface area contributed by atoms with Gasteiger partial charge in [-0.3, -0.25) is 4.79 Å². The number of aromatic hydroxyl groups is 1. The lowest BCUT2D eigenvalue weighted by Gasteiger charge is -2.17. The van der Waals surface area contributed by atoms with Gasteiger partial charge in [-0.1, -0.05) is 13.0 Å². The minimum absolute atomic E-state index is 0.0179. The lowest BCUT2D eigenvalue weighted by molar-refractivity contribution is -0.120. The van der Waals surface area contributed by atoms with Gasteiger partial charge in [-0.05, 0) is 19.5 Å². The van der Waals surface area contributed by atoms with Crippen LogP contribution in [0.3, 0.4) is 0 Å². The van der Waals surface area contributed by atoms with Crippen LogP contribution >= 0.6 is 0 Å². The van der Waals surface area contributed by atoms with Gasteiger partial charge >= 0.3 is 0 Å². The van der Waals surface area contributed by atoms with Crippen molar-refractivity contribution in [3.8, 4) is 11.5 Å². The van der Waals surface area contributed by atoms with Gasteiger partial charge in [-0.25, -0.2) is 0 Å². The standard InChI is InChI=1S/C15H24N2O3/c1-4-9-20-13-6-5-12(14(18)10-13)11-17(3)8-7-15(19)16-2/h5-6,10,18H,4,7-9,11H2,1-3H3,(H,16,19). The van der Waals surface area contributed by atoms with Gasteiger partial charge in [0.05, 0.1) is 6.61 Å². The number of nitrogens with one attached hydrogen (secondary N) is 1. The first-order chi connectivity index (χ1) is 9.56. The Kier molecular flexibility index (Phi) is 6.87. The number of nitrogens with zero attached hydrogens (tertiary/aromatic N) is 1. The van der Waals surface area contributed by atoms with E-state index in [1.54, 1.807) is 13.1 Å². The summed E-state index contributed by atoms with van der Waals surface area (Å²) in [5.41, 5.74) is 0.827. The average molecular weight is 280 g/mol. The Morgan fingerprint density at radius 1 is 1.45 bits per heavy atom. The predicted molar refractivity (Wildman–Crippen MR) is 78.9 cm³/mol. The number of hydrogen-bond donors (Lipinski definition) is 2. The van der Waals surface area contributed by atoms with Crippen LogP contribution in [0, 0.1) is 0 Å². The zero-order chi connectivity index (χ0) is 15.0. The fraction of sp³-hybridized carbons (Fsp3) is 0.533. The summed E-state index contributed by atoms with van der Waals surface area (Å²) in [5.74, 6) is 0.927. The van der Waals surface area contributed by atoms with E-state index in [2.05, 4.69) is 5.32 Å². The van der Waals surface area contributed by atoms with E-state index in [0.29, 0.717) is 31.9 Å². The third kappa shape index (κ3) is 5.48. The molecule has 0 unspecified atom stereocenters. The quantitative estimate of drug-likeness (QED) is 0.761. The highest BCUT2D eigenvalue weighted by Gasteiger charge is 2.08. The summed E-state index contributed by atoms with van der Waals surface area (Å²) in [6.07, 6.45) is 1.39. The Balaban J connectivity index is 2.52. The maximum absolute atomic E-state index is 11.2. The first-order valence-electron chi connectivity index (χ1n) is 6.90. The Morgan fingerprint density at radius 2 is 2.20 bits per heavy atom. The van der Waals surface area contributed by atoms with Crippen molar-refractivity contribution < 1.29 is 14.6 Å². The zero-order valence-corrected chi connectivity index (χ0v) is 12.5. The summed E-state index contributed by atoms with van der Waals surface area (Å²) in [5, 5.41) is 12.6. The van der Waals surface area contributed by atoms with Crippen LogP contribution in [0.1, 0.15) is 25.3 Å². The van der Waals surface area contributed by atoms with E-state index in [1.807, 2.05) is 31.0 Å². The summed E-state index contributed by atoms with van der Waals surface area (Å²) in [4.78, 5) is 13.2. The zero-order valence-electron chi connectivity index (χ0n) is 12.5. The minimum atomic E-state index is 0.0179. The second-order valence-corrected chi connectivity index (χ2v) is 4.80. The second-order valence-electron chi connectivity index (χ2n) is 4.80. The van der Waals surface area contributed by atoms with Crippen molar-refractivity contribution in [2.75, 3.05) is 27.2 Å².